The minimum absolute atomic E-state index is 0.500. The van der Waals surface area contributed by atoms with Crippen LogP contribution in [0.4, 0.5) is 0 Å². The lowest BCUT2D eigenvalue weighted by molar-refractivity contribution is 0.0919. The highest BCUT2D eigenvalue weighted by Gasteiger charge is 2.12. The van der Waals surface area contributed by atoms with Crippen molar-refractivity contribution in [1.29, 1.82) is 0 Å². The minimum Gasteiger partial charge on any atom is -0.381 e. The summed E-state index contributed by atoms with van der Waals surface area (Å²) >= 11 is 0. The zero-order chi connectivity index (χ0) is 7.40. The highest BCUT2D eigenvalue weighted by Crippen LogP contribution is 2.21. The number of ether oxygens (including phenoxy) is 1. The molecule has 0 bridgehead atoms. The molecule has 58 valence electrons. The first-order valence-electron chi connectivity index (χ1n) is 4.07. The fourth-order valence-electron chi connectivity index (χ4n) is 1.44. The Balaban J connectivity index is 2.40. The van der Waals surface area contributed by atoms with Crippen molar-refractivity contribution in [1.82, 2.24) is 0 Å². The third-order valence-electron chi connectivity index (χ3n) is 2.20. The van der Waals surface area contributed by atoms with Gasteiger partial charge >= 0.3 is 0 Å². The van der Waals surface area contributed by atoms with Crippen molar-refractivity contribution in [2.24, 2.45) is 0 Å². The van der Waals surface area contributed by atoms with Gasteiger partial charge in [-0.2, -0.15) is 0 Å². The highest BCUT2D eigenvalue weighted by molar-refractivity contribution is 5.06. The van der Waals surface area contributed by atoms with Crippen LogP contribution in [0.5, 0.6) is 0 Å². The molecule has 1 aliphatic rings. The average Bonchev–Trinajstić information content (AvgIpc) is 2.05. The summed E-state index contributed by atoms with van der Waals surface area (Å²) in [5.74, 6) is 0. The number of methoxy groups -OCH3 is 1. The molecule has 0 spiro atoms. The molecule has 0 saturated heterocycles. The maximum atomic E-state index is 5.28. The normalized spacial score (nSPS) is 26.2. The second-order valence-corrected chi connectivity index (χ2v) is 2.86. The molecule has 0 aromatic rings. The third-order valence-corrected chi connectivity index (χ3v) is 2.20. The van der Waals surface area contributed by atoms with Gasteiger partial charge in [0.05, 0.1) is 6.10 Å². The quantitative estimate of drug-likeness (QED) is 0.535. The van der Waals surface area contributed by atoms with E-state index in [0.29, 0.717) is 6.10 Å². The maximum Gasteiger partial charge on any atom is 0.0611 e. The standard InChI is InChI=1S/C9H16O/c1-3-8-5-4-6-9(7-8)10-2/h5,9H,3-4,6-7H2,1-2H3. The predicted molar refractivity (Wildman–Crippen MR) is 43.0 cm³/mol. The minimum atomic E-state index is 0.500. The highest BCUT2D eigenvalue weighted by atomic mass is 16.5. The van der Waals surface area contributed by atoms with Crippen LogP contribution in [0.2, 0.25) is 0 Å². The molecule has 1 aliphatic carbocycles. The van der Waals surface area contributed by atoms with E-state index in [1.807, 2.05) is 7.11 Å². The lowest BCUT2D eigenvalue weighted by atomic mass is 9.95. The van der Waals surface area contributed by atoms with Gasteiger partial charge in [-0.15, -0.1) is 0 Å². The Kier molecular flexibility index (Phi) is 2.94. The summed E-state index contributed by atoms with van der Waals surface area (Å²) in [6, 6.07) is 0. The summed E-state index contributed by atoms with van der Waals surface area (Å²) in [5.41, 5.74) is 1.57. The first-order chi connectivity index (χ1) is 4.86. The van der Waals surface area contributed by atoms with Gasteiger partial charge in [-0.25, -0.2) is 0 Å². The molecule has 0 aliphatic heterocycles. The van der Waals surface area contributed by atoms with Crippen molar-refractivity contribution in [2.45, 2.75) is 38.7 Å². The molecular weight excluding hydrogens is 124 g/mol. The topological polar surface area (TPSA) is 9.23 Å². The van der Waals surface area contributed by atoms with Gasteiger partial charge in [-0.1, -0.05) is 18.6 Å². The van der Waals surface area contributed by atoms with Crippen molar-refractivity contribution >= 4 is 0 Å². The molecule has 0 amide bonds. The Bertz CT molecular complexity index is 127. The summed E-state index contributed by atoms with van der Waals surface area (Å²) in [6.45, 7) is 2.21. The van der Waals surface area contributed by atoms with Gasteiger partial charge in [0.2, 0.25) is 0 Å². The molecule has 0 saturated carbocycles. The first kappa shape index (κ1) is 7.80. The van der Waals surface area contributed by atoms with Crippen LogP contribution in [0.3, 0.4) is 0 Å². The molecule has 0 fully saturated rings. The molecular formula is C9H16O. The zero-order valence-electron chi connectivity index (χ0n) is 6.89. The predicted octanol–water partition coefficient (Wildman–Crippen LogP) is 2.52. The van der Waals surface area contributed by atoms with Crippen LogP contribution in [-0.2, 0) is 4.74 Å². The summed E-state index contributed by atoms with van der Waals surface area (Å²) in [6.07, 6.45) is 7.63. The first-order valence-corrected chi connectivity index (χ1v) is 4.07. The van der Waals surface area contributed by atoms with Crippen LogP contribution in [0.25, 0.3) is 0 Å². The molecule has 10 heavy (non-hydrogen) atoms. The van der Waals surface area contributed by atoms with Crippen LogP contribution in [0, 0.1) is 0 Å². The molecule has 1 nitrogen and oxygen atoms in total. The van der Waals surface area contributed by atoms with Crippen molar-refractivity contribution in [3.63, 3.8) is 0 Å². The summed E-state index contributed by atoms with van der Waals surface area (Å²) in [5, 5.41) is 0. The van der Waals surface area contributed by atoms with E-state index < -0.39 is 0 Å². The maximum absolute atomic E-state index is 5.28. The molecule has 0 radical (unpaired) electrons. The van der Waals surface area contributed by atoms with E-state index in [4.69, 9.17) is 4.74 Å². The van der Waals surface area contributed by atoms with E-state index in [2.05, 4.69) is 13.0 Å². The molecule has 1 heteroatoms. The molecule has 1 atom stereocenters. The van der Waals surface area contributed by atoms with E-state index >= 15 is 0 Å². The third kappa shape index (κ3) is 1.84. The fourth-order valence-corrected chi connectivity index (χ4v) is 1.44. The largest absolute Gasteiger partial charge is 0.381 e. The van der Waals surface area contributed by atoms with Crippen molar-refractivity contribution in [3.05, 3.63) is 11.6 Å². The zero-order valence-corrected chi connectivity index (χ0v) is 6.89. The van der Waals surface area contributed by atoms with Gasteiger partial charge in [0.25, 0.3) is 0 Å². The van der Waals surface area contributed by atoms with Crippen molar-refractivity contribution in [2.75, 3.05) is 7.11 Å². The Labute approximate surface area is 63.1 Å². The number of allylic oxidation sites excluding steroid dienone is 1. The van der Waals surface area contributed by atoms with Crippen molar-refractivity contribution in [3.8, 4) is 0 Å². The second kappa shape index (κ2) is 3.77. The molecule has 0 aromatic heterocycles. The lowest BCUT2D eigenvalue weighted by Gasteiger charge is -2.20. The summed E-state index contributed by atoms with van der Waals surface area (Å²) in [7, 11) is 1.81. The average molecular weight is 140 g/mol. The van der Waals surface area contributed by atoms with Gasteiger partial charge in [-0.3, -0.25) is 0 Å². The smallest absolute Gasteiger partial charge is 0.0611 e. The van der Waals surface area contributed by atoms with Gasteiger partial charge in [0.1, 0.15) is 0 Å². The number of rotatable bonds is 2. The lowest BCUT2D eigenvalue weighted by Crippen LogP contribution is -2.14. The van der Waals surface area contributed by atoms with E-state index in [-0.39, 0.29) is 0 Å². The Morgan fingerprint density at radius 2 is 2.50 bits per heavy atom. The molecule has 1 unspecified atom stereocenters. The van der Waals surface area contributed by atoms with Gasteiger partial charge in [0.15, 0.2) is 0 Å². The second-order valence-electron chi connectivity index (χ2n) is 2.86. The Morgan fingerprint density at radius 3 is 3.10 bits per heavy atom. The van der Waals surface area contributed by atoms with Gasteiger partial charge in [0, 0.05) is 7.11 Å². The number of hydrogen-bond donors (Lipinski definition) is 0. The monoisotopic (exact) mass is 140 g/mol. The van der Waals surface area contributed by atoms with Gasteiger partial charge in [-0.05, 0) is 25.7 Å². The summed E-state index contributed by atoms with van der Waals surface area (Å²) < 4.78 is 5.28. The van der Waals surface area contributed by atoms with Crippen LogP contribution in [-0.4, -0.2) is 13.2 Å². The SMILES string of the molecule is CCC1=CCCC(OC)C1. The van der Waals surface area contributed by atoms with Crippen LogP contribution < -0.4 is 0 Å². The van der Waals surface area contributed by atoms with Crippen LogP contribution in [0.15, 0.2) is 11.6 Å². The Hall–Kier alpha value is -0.300. The summed E-state index contributed by atoms with van der Waals surface area (Å²) in [4.78, 5) is 0. The van der Waals surface area contributed by atoms with Crippen molar-refractivity contribution < 1.29 is 4.74 Å². The van der Waals surface area contributed by atoms with E-state index in [1.165, 1.54) is 19.3 Å². The number of hydrogen-bond acceptors (Lipinski definition) is 1. The van der Waals surface area contributed by atoms with E-state index in [1.54, 1.807) is 5.57 Å². The molecule has 1 rings (SSSR count). The fraction of sp³-hybridized carbons (Fsp3) is 0.778. The Morgan fingerprint density at radius 1 is 1.70 bits per heavy atom. The van der Waals surface area contributed by atoms with Crippen LogP contribution >= 0.6 is 0 Å². The van der Waals surface area contributed by atoms with E-state index in [9.17, 15) is 0 Å². The van der Waals surface area contributed by atoms with Gasteiger partial charge < -0.3 is 4.74 Å². The molecule has 0 aromatic carbocycles. The molecule has 0 heterocycles. The van der Waals surface area contributed by atoms with Crippen LogP contribution in [0.1, 0.15) is 32.6 Å². The molecule has 0 N–H and O–H groups in total. The van der Waals surface area contributed by atoms with E-state index in [0.717, 1.165) is 6.42 Å².